The van der Waals surface area contributed by atoms with Crippen molar-refractivity contribution in [3.05, 3.63) is 0 Å². The molecule has 0 spiro atoms. The molecule has 0 N–H and O–H groups in total. The van der Waals surface area contributed by atoms with Crippen molar-refractivity contribution in [3.63, 3.8) is 0 Å². The molecule has 282 valence electrons. The van der Waals surface area contributed by atoms with E-state index in [2.05, 4.69) is 61.2 Å². The molecule has 0 saturated carbocycles. The molecule has 0 aromatic rings. The molecule has 0 aliphatic carbocycles. The van der Waals surface area contributed by atoms with Crippen LogP contribution < -0.4 is 0 Å². The Morgan fingerprint density at radius 2 is 0.560 bits per heavy atom. The number of carbonyl (C=O) groups excluding carboxylic acids is 2. The Morgan fingerprint density at radius 3 is 0.880 bits per heavy atom. The van der Waals surface area contributed by atoms with E-state index in [9.17, 15) is 9.59 Å². The van der Waals surface area contributed by atoms with Crippen LogP contribution in [0.15, 0.2) is 0 Å². The summed E-state index contributed by atoms with van der Waals surface area (Å²) in [6, 6.07) is 0. The summed E-state index contributed by atoms with van der Waals surface area (Å²) in [5.74, 6) is 23.5. The SMILES string of the molecule is CCCCCCCCCCCCC#CC#CCCCCCCCCC(=O)OC(=O)CCCC#CC#CCCCCCCCCCCCCCC. The van der Waals surface area contributed by atoms with Gasteiger partial charge in [-0.2, -0.15) is 0 Å². The van der Waals surface area contributed by atoms with Crippen LogP contribution in [0, 0.1) is 47.4 Å². The van der Waals surface area contributed by atoms with Crippen LogP contribution in [-0.2, 0) is 14.3 Å². The Hall–Kier alpha value is -2.62. The van der Waals surface area contributed by atoms with Crippen LogP contribution in [0.1, 0.15) is 239 Å². The van der Waals surface area contributed by atoms with Crippen LogP contribution in [0.4, 0.5) is 0 Å². The van der Waals surface area contributed by atoms with Gasteiger partial charge in [0.15, 0.2) is 0 Å². The second-order valence-electron chi connectivity index (χ2n) is 14.1. The minimum Gasteiger partial charge on any atom is -0.393 e. The van der Waals surface area contributed by atoms with Crippen LogP contribution in [-0.4, -0.2) is 11.9 Å². The second-order valence-corrected chi connectivity index (χ2v) is 14.1. The van der Waals surface area contributed by atoms with Gasteiger partial charge in [-0.1, -0.05) is 192 Å². The van der Waals surface area contributed by atoms with Crippen molar-refractivity contribution in [1.82, 2.24) is 0 Å². The molecular formula is C47H76O3. The van der Waals surface area contributed by atoms with E-state index in [1.54, 1.807) is 0 Å². The highest BCUT2D eigenvalue weighted by Crippen LogP contribution is 2.13. The van der Waals surface area contributed by atoms with Gasteiger partial charge in [0.25, 0.3) is 0 Å². The van der Waals surface area contributed by atoms with Gasteiger partial charge in [-0.3, -0.25) is 9.59 Å². The molecule has 3 nitrogen and oxygen atoms in total. The van der Waals surface area contributed by atoms with Gasteiger partial charge in [-0.15, -0.1) is 0 Å². The van der Waals surface area contributed by atoms with Gasteiger partial charge in [-0.25, -0.2) is 0 Å². The molecule has 0 unspecified atom stereocenters. The third-order valence-corrected chi connectivity index (χ3v) is 9.13. The molecule has 0 heterocycles. The molecule has 0 amide bonds. The highest BCUT2D eigenvalue weighted by Gasteiger charge is 2.09. The predicted molar refractivity (Wildman–Crippen MR) is 215 cm³/mol. The summed E-state index contributed by atoms with van der Waals surface area (Å²) in [5, 5.41) is 0. The van der Waals surface area contributed by atoms with E-state index in [-0.39, 0.29) is 6.42 Å². The van der Waals surface area contributed by atoms with Crippen molar-refractivity contribution in [3.8, 4) is 47.4 Å². The smallest absolute Gasteiger partial charge is 0.313 e. The highest BCUT2D eigenvalue weighted by molar-refractivity contribution is 5.85. The summed E-state index contributed by atoms with van der Waals surface area (Å²) < 4.78 is 4.95. The Kier molecular flexibility index (Phi) is 40.3. The minimum absolute atomic E-state index is 0.223. The lowest BCUT2D eigenvalue weighted by Gasteiger charge is -2.03. The molecule has 0 aromatic heterocycles. The lowest BCUT2D eigenvalue weighted by atomic mass is 10.0. The van der Waals surface area contributed by atoms with Crippen molar-refractivity contribution < 1.29 is 14.3 Å². The Labute approximate surface area is 311 Å². The molecule has 0 fully saturated rings. The largest absolute Gasteiger partial charge is 0.393 e. The predicted octanol–water partition coefficient (Wildman–Crippen LogP) is 13.8. The zero-order valence-electron chi connectivity index (χ0n) is 33.0. The zero-order chi connectivity index (χ0) is 36.3. The van der Waals surface area contributed by atoms with Crippen LogP contribution in [0.25, 0.3) is 0 Å². The maximum Gasteiger partial charge on any atom is 0.313 e. The molecule has 0 radical (unpaired) electrons. The van der Waals surface area contributed by atoms with E-state index in [0.29, 0.717) is 19.3 Å². The number of ether oxygens (including phenoxy) is 1. The van der Waals surface area contributed by atoms with E-state index in [1.165, 1.54) is 135 Å². The summed E-state index contributed by atoms with van der Waals surface area (Å²) in [6.45, 7) is 4.54. The van der Waals surface area contributed by atoms with E-state index < -0.39 is 11.9 Å². The topological polar surface area (TPSA) is 43.4 Å². The van der Waals surface area contributed by atoms with E-state index in [0.717, 1.165) is 64.2 Å². The van der Waals surface area contributed by atoms with Crippen LogP contribution in [0.2, 0.25) is 0 Å². The van der Waals surface area contributed by atoms with Crippen LogP contribution in [0.5, 0.6) is 0 Å². The number of hydrogen-bond donors (Lipinski definition) is 0. The first-order valence-corrected chi connectivity index (χ1v) is 21.4. The average molecular weight is 689 g/mol. The Balaban J connectivity index is 3.50. The summed E-state index contributed by atoms with van der Waals surface area (Å²) in [7, 11) is 0. The number of unbranched alkanes of at least 4 members (excludes halogenated alkanes) is 29. The molecule has 0 bridgehead atoms. The summed E-state index contributed by atoms with van der Waals surface area (Å²) in [4.78, 5) is 23.9. The van der Waals surface area contributed by atoms with Crippen molar-refractivity contribution >= 4 is 11.9 Å². The van der Waals surface area contributed by atoms with Crippen molar-refractivity contribution in [2.75, 3.05) is 0 Å². The summed E-state index contributed by atoms with van der Waals surface area (Å²) in [5.41, 5.74) is 0. The third kappa shape index (κ3) is 41.6. The maximum atomic E-state index is 11.9. The summed E-state index contributed by atoms with van der Waals surface area (Å²) >= 11 is 0. The van der Waals surface area contributed by atoms with Gasteiger partial charge in [0.05, 0.1) is 0 Å². The lowest BCUT2D eigenvalue weighted by Crippen LogP contribution is -2.11. The first-order valence-electron chi connectivity index (χ1n) is 21.4. The molecule has 3 heteroatoms. The molecule has 0 aromatic carbocycles. The van der Waals surface area contributed by atoms with Crippen molar-refractivity contribution in [1.29, 1.82) is 0 Å². The van der Waals surface area contributed by atoms with Crippen molar-refractivity contribution in [2.45, 2.75) is 239 Å². The zero-order valence-corrected chi connectivity index (χ0v) is 33.0. The molecule has 0 atom stereocenters. The van der Waals surface area contributed by atoms with Gasteiger partial charge in [-0.05, 0) is 55.8 Å². The number of carbonyl (C=O) groups is 2. The number of rotatable bonds is 33. The lowest BCUT2D eigenvalue weighted by molar-refractivity contribution is -0.159. The molecule has 0 aliphatic heterocycles. The average Bonchev–Trinajstić information content (AvgIpc) is 3.11. The monoisotopic (exact) mass is 689 g/mol. The van der Waals surface area contributed by atoms with Gasteiger partial charge < -0.3 is 4.74 Å². The minimum atomic E-state index is -0.445. The van der Waals surface area contributed by atoms with Gasteiger partial charge in [0.2, 0.25) is 0 Å². The van der Waals surface area contributed by atoms with Crippen LogP contribution >= 0.6 is 0 Å². The molecule has 0 saturated heterocycles. The highest BCUT2D eigenvalue weighted by atomic mass is 16.6. The second kappa shape index (κ2) is 42.5. The van der Waals surface area contributed by atoms with Gasteiger partial charge >= 0.3 is 11.9 Å². The fraction of sp³-hybridized carbons (Fsp3) is 0.787. The molecule has 50 heavy (non-hydrogen) atoms. The first kappa shape index (κ1) is 47.4. The van der Waals surface area contributed by atoms with Gasteiger partial charge in [0, 0.05) is 38.5 Å². The summed E-state index contributed by atoms with van der Waals surface area (Å²) in [6.07, 6.45) is 40.5. The fourth-order valence-corrected chi connectivity index (χ4v) is 5.92. The maximum absolute atomic E-state index is 11.9. The van der Waals surface area contributed by atoms with E-state index >= 15 is 0 Å². The van der Waals surface area contributed by atoms with E-state index in [1.807, 2.05) is 0 Å². The normalized spacial score (nSPS) is 10.1. The molecular weight excluding hydrogens is 613 g/mol. The Morgan fingerprint density at radius 1 is 0.320 bits per heavy atom. The fourth-order valence-electron chi connectivity index (χ4n) is 5.92. The molecule has 0 aliphatic rings. The van der Waals surface area contributed by atoms with Crippen LogP contribution in [0.3, 0.4) is 0 Å². The Bertz CT molecular complexity index is 1030. The first-order chi connectivity index (χ1) is 24.7. The molecule has 0 rings (SSSR count). The number of hydrogen-bond acceptors (Lipinski definition) is 3. The quantitative estimate of drug-likeness (QED) is 0.0298. The van der Waals surface area contributed by atoms with Gasteiger partial charge in [0.1, 0.15) is 0 Å². The standard InChI is InChI=1S/C47H76O3/c1-3-5-7-9-11-13-15-17-19-21-23-24-25-27-29-31-33-35-37-39-41-43-45-47(49)50-46(48)44-42-40-38-36-34-32-30-28-26-22-20-18-16-14-12-10-8-6-4-2/h3-23,26,28,30-31,33,35,37,39-45H2,1-2H3. The number of esters is 2. The van der Waals surface area contributed by atoms with E-state index in [4.69, 9.17) is 4.74 Å². The third-order valence-electron chi connectivity index (χ3n) is 9.13. The van der Waals surface area contributed by atoms with Crippen molar-refractivity contribution in [2.24, 2.45) is 0 Å².